The zero-order chi connectivity index (χ0) is 11.4. The second-order valence-corrected chi connectivity index (χ2v) is 5.30. The van der Waals surface area contributed by atoms with Crippen molar-refractivity contribution in [2.24, 2.45) is 5.92 Å². The summed E-state index contributed by atoms with van der Waals surface area (Å²) in [5.74, 6) is 0.708. The van der Waals surface area contributed by atoms with Crippen molar-refractivity contribution < 1.29 is 0 Å². The monoisotopic (exact) mass is 210 g/mol. The smallest absolute Gasteiger partial charge is 0.0202 e. The largest absolute Gasteiger partial charge is 0.310 e. The van der Waals surface area contributed by atoms with E-state index < -0.39 is 0 Å². The lowest BCUT2D eigenvalue weighted by Gasteiger charge is -2.28. The van der Waals surface area contributed by atoms with Crippen molar-refractivity contribution in [3.8, 4) is 0 Å². The number of hydrogen-bond donors (Lipinski definition) is 1. The normalized spacial score (nSPS) is 18.5. The summed E-state index contributed by atoms with van der Waals surface area (Å²) in [6.45, 7) is 13.0. The third-order valence-electron chi connectivity index (χ3n) is 3.35. The highest BCUT2D eigenvalue weighted by Gasteiger charge is 2.20. The van der Waals surface area contributed by atoms with Gasteiger partial charge in [-0.3, -0.25) is 4.90 Å². The topological polar surface area (TPSA) is 15.3 Å². The van der Waals surface area contributed by atoms with Crippen LogP contribution in [0.2, 0.25) is 0 Å². The SMILES string of the molecule is C=C(CNC1CC1)CN(C)C(C)C(C)C. The number of nitrogens with one attached hydrogen (secondary N) is 1. The number of nitrogens with zero attached hydrogens (tertiary/aromatic N) is 1. The molecule has 1 saturated carbocycles. The Morgan fingerprint density at radius 2 is 2.00 bits per heavy atom. The van der Waals surface area contributed by atoms with E-state index in [2.05, 4.69) is 44.6 Å². The number of rotatable bonds is 7. The summed E-state index contributed by atoms with van der Waals surface area (Å²) in [5, 5.41) is 3.50. The van der Waals surface area contributed by atoms with Gasteiger partial charge in [0.25, 0.3) is 0 Å². The Bertz CT molecular complexity index is 207. The predicted molar refractivity (Wildman–Crippen MR) is 67.1 cm³/mol. The molecule has 0 saturated heterocycles. The van der Waals surface area contributed by atoms with Gasteiger partial charge >= 0.3 is 0 Å². The van der Waals surface area contributed by atoms with Gasteiger partial charge in [0.15, 0.2) is 0 Å². The van der Waals surface area contributed by atoms with Crippen molar-refractivity contribution >= 4 is 0 Å². The van der Waals surface area contributed by atoms with Gasteiger partial charge < -0.3 is 5.32 Å². The third kappa shape index (κ3) is 4.80. The molecule has 1 aliphatic carbocycles. The Morgan fingerprint density at radius 1 is 1.40 bits per heavy atom. The van der Waals surface area contributed by atoms with Gasteiger partial charge in [-0.05, 0) is 38.3 Å². The van der Waals surface area contributed by atoms with Gasteiger partial charge in [0.2, 0.25) is 0 Å². The van der Waals surface area contributed by atoms with E-state index in [-0.39, 0.29) is 0 Å². The van der Waals surface area contributed by atoms with Crippen molar-refractivity contribution in [2.75, 3.05) is 20.1 Å². The molecule has 0 spiro atoms. The summed E-state index contributed by atoms with van der Waals surface area (Å²) in [5.41, 5.74) is 1.30. The molecular weight excluding hydrogens is 184 g/mol. The molecule has 2 nitrogen and oxygen atoms in total. The molecule has 1 fully saturated rings. The van der Waals surface area contributed by atoms with Gasteiger partial charge in [-0.1, -0.05) is 20.4 Å². The molecule has 0 aromatic rings. The van der Waals surface area contributed by atoms with E-state index in [1.54, 1.807) is 0 Å². The van der Waals surface area contributed by atoms with Crippen LogP contribution < -0.4 is 5.32 Å². The average Bonchev–Trinajstić information content (AvgIpc) is 2.96. The van der Waals surface area contributed by atoms with Crippen LogP contribution in [0.1, 0.15) is 33.6 Å². The van der Waals surface area contributed by atoms with Crippen LogP contribution in [0.15, 0.2) is 12.2 Å². The van der Waals surface area contributed by atoms with E-state index in [0.717, 1.165) is 19.1 Å². The van der Waals surface area contributed by atoms with Crippen LogP contribution in [-0.4, -0.2) is 37.1 Å². The summed E-state index contributed by atoms with van der Waals surface area (Å²) in [6.07, 6.45) is 2.71. The highest BCUT2D eigenvalue weighted by Crippen LogP contribution is 2.18. The first-order valence-electron chi connectivity index (χ1n) is 6.11. The summed E-state index contributed by atoms with van der Waals surface area (Å²) in [7, 11) is 2.19. The molecule has 0 amide bonds. The third-order valence-corrected chi connectivity index (χ3v) is 3.35. The molecular formula is C13H26N2. The zero-order valence-electron chi connectivity index (χ0n) is 10.7. The Labute approximate surface area is 94.7 Å². The lowest BCUT2D eigenvalue weighted by molar-refractivity contribution is 0.223. The van der Waals surface area contributed by atoms with E-state index in [4.69, 9.17) is 0 Å². The zero-order valence-corrected chi connectivity index (χ0v) is 10.7. The van der Waals surface area contributed by atoms with Crippen LogP contribution in [-0.2, 0) is 0 Å². The first kappa shape index (κ1) is 12.7. The van der Waals surface area contributed by atoms with Gasteiger partial charge in [-0.25, -0.2) is 0 Å². The van der Waals surface area contributed by atoms with Crippen LogP contribution in [0.5, 0.6) is 0 Å². The summed E-state index contributed by atoms with van der Waals surface area (Å²) in [4.78, 5) is 2.39. The first-order valence-corrected chi connectivity index (χ1v) is 6.11. The lowest BCUT2D eigenvalue weighted by Crippen LogP contribution is -2.36. The van der Waals surface area contributed by atoms with Crippen molar-refractivity contribution in [1.82, 2.24) is 10.2 Å². The highest BCUT2D eigenvalue weighted by atomic mass is 15.1. The Hall–Kier alpha value is -0.340. The van der Waals surface area contributed by atoms with E-state index in [1.807, 2.05) is 0 Å². The van der Waals surface area contributed by atoms with Gasteiger partial charge in [0, 0.05) is 25.2 Å². The van der Waals surface area contributed by atoms with E-state index in [9.17, 15) is 0 Å². The quantitative estimate of drug-likeness (QED) is 0.649. The predicted octanol–water partition coefficient (Wildman–Crippen LogP) is 2.27. The molecule has 0 aromatic carbocycles. The minimum absolute atomic E-state index is 0.627. The standard InChI is InChI=1S/C13H26N2/c1-10(2)12(4)15(5)9-11(3)8-14-13-6-7-13/h10,12-14H,3,6-9H2,1-2,4-5H3. The molecule has 0 heterocycles. The van der Waals surface area contributed by atoms with Gasteiger partial charge in [0.1, 0.15) is 0 Å². The molecule has 15 heavy (non-hydrogen) atoms. The second-order valence-electron chi connectivity index (χ2n) is 5.30. The van der Waals surface area contributed by atoms with Crippen LogP contribution in [0.4, 0.5) is 0 Å². The molecule has 1 rings (SSSR count). The van der Waals surface area contributed by atoms with Crippen LogP contribution in [0, 0.1) is 5.92 Å². The fourth-order valence-electron chi connectivity index (χ4n) is 1.64. The minimum atomic E-state index is 0.627. The highest BCUT2D eigenvalue weighted by molar-refractivity contribution is 5.02. The second kappa shape index (κ2) is 5.66. The van der Waals surface area contributed by atoms with Crippen molar-refractivity contribution in [2.45, 2.75) is 45.7 Å². The lowest BCUT2D eigenvalue weighted by atomic mass is 10.0. The first-order chi connectivity index (χ1) is 7.00. The molecule has 0 radical (unpaired) electrons. The van der Waals surface area contributed by atoms with Crippen LogP contribution in [0.25, 0.3) is 0 Å². The Kier molecular flexibility index (Phi) is 4.81. The molecule has 1 N–H and O–H groups in total. The fourth-order valence-corrected chi connectivity index (χ4v) is 1.64. The van der Waals surface area contributed by atoms with Gasteiger partial charge in [0.05, 0.1) is 0 Å². The average molecular weight is 210 g/mol. The van der Waals surface area contributed by atoms with E-state index >= 15 is 0 Å². The van der Waals surface area contributed by atoms with E-state index in [1.165, 1.54) is 18.4 Å². The summed E-state index contributed by atoms with van der Waals surface area (Å²) < 4.78 is 0. The molecule has 0 aliphatic heterocycles. The molecule has 1 aliphatic rings. The maximum Gasteiger partial charge on any atom is 0.0202 e. The molecule has 2 heteroatoms. The van der Waals surface area contributed by atoms with Crippen molar-refractivity contribution in [1.29, 1.82) is 0 Å². The number of hydrogen-bond acceptors (Lipinski definition) is 2. The molecule has 1 atom stereocenters. The van der Waals surface area contributed by atoms with Gasteiger partial charge in [-0.2, -0.15) is 0 Å². The van der Waals surface area contributed by atoms with E-state index in [0.29, 0.717) is 12.0 Å². The summed E-state index contributed by atoms with van der Waals surface area (Å²) in [6, 6.07) is 1.41. The number of likely N-dealkylation sites (N-methyl/N-ethyl adjacent to an activating group) is 1. The van der Waals surface area contributed by atoms with Crippen LogP contribution in [0.3, 0.4) is 0 Å². The molecule has 88 valence electrons. The fraction of sp³-hybridized carbons (Fsp3) is 0.846. The molecule has 0 bridgehead atoms. The minimum Gasteiger partial charge on any atom is -0.310 e. The summed E-state index contributed by atoms with van der Waals surface area (Å²) >= 11 is 0. The van der Waals surface area contributed by atoms with Crippen molar-refractivity contribution in [3.05, 3.63) is 12.2 Å². The molecule has 1 unspecified atom stereocenters. The Balaban J connectivity index is 2.17. The maximum absolute atomic E-state index is 4.13. The molecule has 0 aromatic heterocycles. The maximum atomic E-state index is 4.13. The van der Waals surface area contributed by atoms with Gasteiger partial charge in [-0.15, -0.1) is 0 Å². The Morgan fingerprint density at radius 3 is 2.47 bits per heavy atom. The van der Waals surface area contributed by atoms with Crippen molar-refractivity contribution in [3.63, 3.8) is 0 Å². The van der Waals surface area contributed by atoms with Crippen LogP contribution >= 0.6 is 0 Å².